The van der Waals surface area contributed by atoms with Gasteiger partial charge in [0.15, 0.2) is 0 Å². The average molecular weight is 197 g/mol. The van der Waals surface area contributed by atoms with Crippen molar-refractivity contribution >= 4 is 34.8 Å². The number of hydrogen-bond donors (Lipinski definition) is 1. The van der Waals surface area contributed by atoms with E-state index in [0.29, 0.717) is 0 Å². The summed E-state index contributed by atoms with van der Waals surface area (Å²) >= 11 is -0.312. The van der Waals surface area contributed by atoms with E-state index in [9.17, 15) is 0 Å². The van der Waals surface area contributed by atoms with Crippen molar-refractivity contribution in [2.75, 3.05) is 0 Å². The summed E-state index contributed by atoms with van der Waals surface area (Å²) < 4.78 is 1.11. The van der Waals surface area contributed by atoms with Gasteiger partial charge in [-0.25, -0.2) is 0 Å². The van der Waals surface area contributed by atoms with Gasteiger partial charge in [0.25, 0.3) is 6.47 Å². The molecule has 1 N–H and O–H groups in total. The molecule has 62 valence electrons. The number of rotatable bonds is 2. The lowest BCUT2D eigenvalue weighted by Crippen LogP contribution is -1.86. The topological polar surface area (TPSA) is 37.3 Å². The van der Waals surface area contributed by atoms with Gasteiger partial charge in [0.05, 0.1) is 0 Å². The highest BCUT2D eigenvalue weighted by Crippen LogP contribution is 1.98. The second kappa shape index (κ2) is 8.84. The Labute approximate surface area is 85.0 Å². The molecule has 0 saturated heterocycles. The van der Waals surface area contributed by atoms with Crippen molar-refractivity contribution in [1.29, 1.82) is 0 Å². The molecule has 0 aliphatic carbocycles. The molecule has 0 aliphatic heterocycles. The summed E-state index contributed by atoms with van der Waals surface area (Å²) in [6, 6.07) is 10.4. The molecule has 2 nitrogen and oxygen atoms in total. The van der Waals surface area contributed by atoms with E-state index in [-0.39, 0.29) is 25.7 Å². The molecule has 0 fully saturated rings. The Hall–Kier alpha value is -0.254. The van der Waals surface area contributed by atoms with Crippen LogP contribution in [-0.2, 0) is 9.34 Å². The molecular weight excluding hydrogens is 188 g/mol. The number of carboxylic acid groups (broad SMARTS) is 1. The zero-order valence-electron chi connectivity index (χ0n) is 6.61. The standard InChI is InChI=1S/C7H7.CH2O2.ClH.Mg/c1-7-5-3-2-4-6-7;2-1-3;;/h2-6H,1H2;1H,(H,2,3);1H;/q;;;+1/p-1. The van der Waals surface area contributed by atoms with Crippen molar-refractivity contribution in [1.82, 2.24) is 0 Å². The van der Waals surface area contributed by atoms with Crippen molar-refractivity contribution in [2.24, 2.45) is 0 Å². The van der Waals surface area contributed by atoms with Crippen LogP contribution in [0.3, 0.4) is 0 Å². The first kappa shape index (κ1) is 11.7. The highest BCUT2D eigenvalue weighted by molar-refractivity contribution is 6.93. The van der Waals surface area contributed by atoms with Crippen LogP contribution in [0, 0.1) is 0 Å². The number of halogens is 1. The number of benzene rings is 1. The minimum absolute atomic E-state index is 0.250. The quantitative estimate of drug-likeness (QED) is 0.579. The van der Waals surface area contributed by atoms with E-state index in [1.807, 2.05) is 6.07 Å². The molecular formula is C8H9ClMgO2. The van der Waals surface area contributed by atoms with Crippen molar-refractivity contribution < 1.29 is 9.90 Å². The highest BCUT2D eigenvalue weighted by Gasteiger charge is 1.91. The van der Waals surface area contributed by atoms with Gasteiger partial charge in [-0.15, -0.1) is 0 Å². The molecule has 0 bridgehead atoms. The van der Waals surface area contributed by atoms with Crippen LogP contribution >= 0.6 is 9.07 Å². The van der Waals surface area contributed by atoms with E-state index in [1.165, 1.54) is 5.56 Å². The molecule has 1 rings (SSSR count). The van der Waals surface area contributed by atoms with Crippen LogP contribution in [0.4, 0.5) is 0 Å². The fourth-order valence-electron chi connectivity index (χ4n) is 0.754. The molecule has 0 spiro atoms. The average Bonchev–Trinajstić information content (AvgIpc) is 2.08. The Morgan fingerprint density at radius 1 is 1.42 bits per heavy atom. The van der Waals surface area contributed by atoms with Gasteiger partial charge in [-0.3, -0.25) is 4.79 Å². The first-order valence-corrected chi connectivity index (χ1v) is 6.66. The fraction of sp³-hybridized carbons (Fsp3) is 0.125. The third kappa shape index (κ3) is 6.46. The van der Waals surface area contributed by atoms with Gasteiger partial charge < -0.3 is 14.2 Å². The minimum atomic E-state index is -0.312. The zero-order valence-corrected chi connectivity index (χ0v) is 8.78. The first-order valence-electron chi connectivity index (χ1n) is 3.53. The van der Waals surface area contributed by atoms with E-state index in [1.54, 1.807) is 0 Å². The predicted octanol–water partition coefficient (Wildman–Crippen LogP) is 1.75. The van der Waals surface area contributed by atoms with E-state index in [4.69, 9.17) is 19.0 Å². The maximum atomic E-state index is 8.36. The van der Waals surface area contributed by atoms with Crippen molar-refractivity contribution in [3.05, 3.63) is 35.9 Å². The van der Waals surface area contributed by atoms with Crippen LogP contribution in [0.2, 0.25) is 0 Å². The SMILES string of the molecule is O=CO.[Cl][Mg][CH2]c1ccccc1. The summed E-state index contributed by atoms with van der Waals surface area (Å²) in [7, 11) is 5.67. The van der Waals surface area contributed by atoms with Crippen molar-refractivity contribution in [3.63, 3.8) is 0 Å². The summed E-state index contributed by atoms with van der Waals surface area (Å²) in [6.07, 6.45) is 0. The molecule has 0 heterocycles. The Bertz CT molecular complexity index is 203. The largest absolute Gasteiger partial charge is 0.505 e. The van der Waals surface area contributed by atoms with Gasteiger partial charge >= 0.3 is 19.3 Å². The smallest absolute Gasteiger partial charge is 0.483 e. The lowest BCUT2D eigenvalue weighted by atomic mass is 10.2. The van der Waals surface area contributed by atoms with Crippen LogP contribution in [0.1, 0.15) is 5.56 Å². The molecule has 0 radical (unpaired) electrons. The third-order valence-corrected chi connectivity index (χ3v) is 2.56. The summed E-state index contributed by atoms with van der Waals surface area (Å²) in [5, 5.41) is 6.89. The Kier molecular flexibility index (Phi) is 8.65. The number of carbonyl (C=O) groups is 1. The van der Waals surface area contributed by atoms with Crippen LogP contribution in [0.5, 0.6) is 0 Å². The highest BCUT2D eigenvalue weighted by atomic mass is 35.5. The van der Waals surface area contributed by atoms with Gasteiger partial charge in [0.1, 0.15) is 0 Å². The van der Waals surface area contributed by atoms with Crippen molar-refractivity contribution in [2.45, 2.75) is 4.55 Å². The van der Waals surface area contributed by atoms with Gasteiger partial charge in [-0.1, -0.05) is 40.4 Å². The summed E-state index contributed by atoms with van der Waals surface area (Å²) in [4.78, 5) is 8.36. The normalized spacial score (nSPS) is 7.42. The van der Waals surface area contributed by atoms with Gasteiger partial charge in [-0.2, -0.15) is 0 Å². The maximum absolute atomic E-state index is 8.36. The summed E-state index contributed by atoms with van der Waals surface area (Å²) in [5.74, 6) is 0. The second-order valence-electron chi connectivity index (χ2n) is 2.03. The van der Waals surface area contributed by atoms with Crippen LogP contribution < -0.4 is 0 Å². The molecule has 0 aromatic heterocycles. The fourth-order valence-corrected chi connectivity index (χ4v) is 1.96. The molecule has 0 unspecified atom stereocenters. The summed E-state index contributed by atoms with van der Waals surface area (Å²) in [5.41, 5.74) is 1.37. The molecule has 4 heteroatoms. The van der Waals surface area contributed by atoms with Crippen molar-refractivity contribution in [3.8, 4) is 0 Å². The van der Waals surface area contributed by atoms with E-state index < -0.39 is 0 Å². The number of hydrogen-bond acceptors (Lipinski definition) is 1. The molecule has 1 aromatic rings. The van der Waals surface area contributed by atoms with Crippen LogP contribution in [0.25, 0.3) is 0 Å². The maximum Gasteiger partial charge on any atom is 0.505 e. The lowest BCUT2D eigenvalue weighted by molar-refractivity contribution is -0.122. The lowest BCUT2D eigenvalue weighted by Gasteiger charge is -1.92. The third-order valence-electron chi connectivity index (χ3n) is 1.23. The van der Waals surface area contributed by atoms with E-state index in [0.717, 1.165) is 4.55 Å². The molecule has 0 atom stereocenters. The zero-order chi connectivity index (χ0) is 9.23. The predicted molar refractivity (Wildman–Crippen MR) is 50.4 cm³/mol. The monoisotopic (exact) mass is 196 g/mol. The Morgan fingerprint density at radius 2 is 1.92 bits per heavy atom. The van der Waals surface area contributed by atoms with Crippen LogP contribution in [-0.4, -0.2) is 30.8 Å². The van der Waals surface area contributed by atoms with Gasteiger partial charge in [0, 0.05) is 0 Å². The molecule has 0 saturated carbocycles. The first-order chi connectivity index (χ1) is 5.85. The molecule has 12 heavy (non-hydrogen) atoms. The van der Waals surface area contributed by atoms with E-state index >= 15 is 0 Å². The summed E-state index contributed by atoms with van der Waals surface area (Å²) in [6.45, 7) is -0.250. The minimum Gasteiger partial charge on any atom is -0.483 e. The molecule has 0 aliphatic rings. The Balaban J connectivity index is 0.000000354. The Morgan fingerprint density at radius 3 is 2.33 bits per heavy atom. The van der Waals surface area contributed by atoms with Gasteiger partial charge in [0.2, 0.25) is 0 Å². The second-order valence-corrected chi connectivity index (χ2v) is 4.04. The van der Waals surface area contributed by atoms with E-state index in [2.05, 4.69) is 24.3 Å². The molecule has 1 aromatic carbocycles. The van der Waals surface area contributed by atoms with Gasteiger partial charge in [-0.05, 0) is 0 Å². The molecule has 0 amide bonds. The van der Waals surface area contributed by atoms with Crippen LogP contribution in [0.15, 0.2) is 30.3 Å².